The van der Waals surface area contributed by atoms with Crippen LogP contribution >= 0.6 is 34.8 Å². The zero-order valence-electron chi connectivity index (χ0n) is 19.1. The summed E-state index contributed by atoms with van der Waals surface area (Å²) in [5, 5.41) is 5.88. The van der Waals surface area contributed by atoms with Gasteiger partial charge in [-0.05, 0) is 47.4 Å². The highest BCUT2D eigenvalue weighted by atomic mass is 35.6. The Balaban J connectivity index is 1.59. The second kappa shape index (κ2) is 13.0. The number of carbonyl (C=O) groups excluding carboxylic acids is 1. The summed E-state index contributed by atoms with van der Waals surface area (Å²) >= 11 is 18.3. The molecule has 0 radical (unpaired) electrons. The fourth-order valence-electron chi connectivity index (χ4n) is 3.38. The van der Waals surface area contributed by atoms with Crippen molar-refractivity contribution in [1.29, 1.82) is 0 Å². The van der Waals surface area contributed by atoms with Gasteiger partial charge >= 0.3 is 0 Å². The molecule has 1 atom stereocenters. The summed E-state index contributed by atoms with van der Waals surface area (Å²) in [6.45, 7) is 3.34. The molecule has 3 rings (SSSR count). The van der Waals surface area contributed by atoms with Crippen LogP contribution in [0.15, 0.2) is 78.9 Å². The molecule has 3 aromatic carbocycles. The molecule has 1 amide bonds. The van der Waals surface area contributed by atoms with E-state index in [0.717, 1.165) is 35.5 Å². The van der Waals surface area contributed by atoms with Crippen LogP contribution in [0.2, 0.25) is 0 Å². The summed E-state index contributed by atoms with van der Waals surface area (Å²) in [5.41, 5.74) is 3.52. The molecule has 0 bridgehead atoms. The van der Waals surface area contributed by atoms with E-state index in [1.807, 2.05) is 66.7 Å². The molecule has 2 N–H and O–H groups in total. The van der Waals surface area contributed by atoms with Gasteiger partial charge < -0.3 is 10.1 Å². The van der Waals surface area contributed by atoms with Crippen LogP contribution in [0, 0.1) is 0 Å². The van der Waals surface area contributed by atoms with Crippen LogP contribution in [-0.4, -0.2) is 22.5 Å². The number of rotatable bonds is 11. The number of nitrogens with one attached hydrogen (secondary N) is 2. The molecule has 0 saturated heterocycles. The van der Waals surface area contributed by atoms with Crippen LogP contribution in [0.1, 0.15) is 42.1 Å². The van der Waals surface area contributed by atoms with Gasteiger partial charge in [-0.15, -0.1) is 0 Å². The third-order valence-corrected chi connectivity index (χ3v) is 5.96. The molecule has 0 saturated carbocycles. The Kier molecular flexibility index (Phi) is 10.1. The minimum Gasteiger partial charge on any atom is -0.494 e. The Bertz CT molecular complexity index is 1020. The average Bonchev–Trinajstić information content (AvgIpc) is 2.85. The summed E-state index contributed by atoms with van der Waals surface area (Å²) in [5.74, 6) is 0.524. The van der Waals surface area contributed by atoms with Gasteiger partial charge in [-0.1, -0.05) is 109 Å². The molecule has 180 valence electrons. The molecule has 0 aliphatic heterocycles. The second-order valence-electron chi connectivity index (χ2n) is 7.97. The Morgan fingerprint density at radius 1 is 0.882 bits per heavy atom. The average molecular weight is 520 g/mol. The first kappa shape index (κ1) is 26.4. The monoisotopic (exact) mass is 518 g/mol. The van der Waals surface area contributed by atoms with Gasteiger partial charge in [0.15, 0.2) is 0 Å². The molecule has 0 fully saturated rings. The molecule has 0 aromatic heterocycles. The maximum atomic E-state index is 12.8. The van der Waals surface area contributed by atoms with Gasteiger partial charge in [0.05, 0.1) is 6.61 Å². The Morgan fingerprint density at radius 3 is 2.09 bits per heavy atom. The summed E-state index contributed by atoms with van der Waals surface area (Å²) in [6, 6.07) is 24.9. The predicted octanol–water partition coefficient (Wildman–Crippen LogP) is 7.14. The van der Waals surface area contributed by atoms with Crippen molar-refractivity contribution in [3.8, 4) is 16.9 Å². The summed E-state index contributed by atoms with van der Waals surface area (Å²) in [6.07, 6.45) is 2.53. The largest absolute Gasteiger partial charge is 0.494 e. The topological polar surface area (TPSA) is 50.4 Å². The van der Waals surface area contributed by atoms with Crippen molar-refractivity contribution < 1.29 is 9.53 Å². The van der Waals surface area contributed by atoms with Gasteiger partial charge in [0, 0.05) is 12.1 Å². The first-order chi connectivity index (χ1) is 16.4. The van der Waals surface area contributed by atoms with E-state index in [-0.39, 0.29) is 5.91 Å². The smallest absolute Gasteiger partial charge is 0.252 e. The maximum absolute atomic E-state index is 12.8. The second-order valence-corrected chi connectivity index (χ2v) is 10.3. The molecule has 0 aliphatic rings. The number of hydrogen-bond acceptors (Lipinski definition) is 3. The highest BCUT2D eigenvalue weighted by Crippen LogP contribution is 2.30. The van der Waals surface area contributed by atoms with Gasteiger partial charge in [-0.25, -0.2) is 0 Å². The van der Waals surface area contributed by atoms with Gasteiger partial charge in [0.1, 0.15) is 11.9 Å². The van der Waals surface area contributed by atoms with E-state index in [9.17, 15) is 4.79 Å². The van der Waals surface area contributed by atoms with Crippen LogP contribution in [0.3, 0.4) is 0 Å². The quantitative estimate of drug-likeness (QED) is 0.161. The first-order valence-corrected chi connectivity index (χ1v) is 12.5. The summed E-state index contributed by atoms with van der Waals surface area (Å²) in [4.78, 5) is 12.8. The lowest BCUT2D eigenvalue weighted by Gasteiger charge is -2.26. The molecule has 0 heterocycles. The number of alkyl halides is 3. The lowest BCUT2D eigenvalue weighted by molar-refractivity contribution is 0.0929. The van der Waals surface area contributed by atoms with E-state index in [4.69, 9.17) is 39.5 Å². The number of hydrogen-bond donors (Lipinski definition) is 2. The van der Waals surface area contributed by atoms with Crippen molar-refractivity contribution in [3.63, 3.8) is 0 Å². The zero-order valence-corrected chi connectivity index (χ0v) is 21.3. The molecule has 34 heavy (non-hydrogen) atoms. The normalized spacial score (nSPS) is 12.2. The number of unbranched alkanes of at least 4 members (excludes halogenated alkanes) is 2. The van der Waals surface area contributed by atoms with E-state index >= 15 is 0 Å². The Labute approximate surface area is 216 Å². The molecular formula is C27H29Cl3N2O2. The van der Waals surface area contributed by atoms with Crippen LogP contribution in [0.4, 0.5) is 0 Å². The molecular weight excluding hydrogens is 491 g/mol. The van der Waals surface area contributed by atoms with Crippen molar-refractivity contribution in [1.82, 2.24) is 10.6 Å². The lowest BCUT2D eigenvalue weighted by atomic mass is 10.0. The molecule has 3 aromatic rings. The highest BCUT2D eigenvalue weighted by molar-refractivity contribution is 6.68. The third-order valence-electron chi connectivity index (χ3n) is 5.31. The molecule has 4 nitrogen and oxygen atoms in total. The van der Waals surface area contributed by atoms with E-state index in [2.05, 4.69) is 17.6 Å². The van der Waals surface area contributed by atoms with Gasteiger partial charge in [-0.3, -0.25) is 10.1 Å². The number of ether oxygens (including phenoxy) is 1. The zero-order chi connectivity index (χ0) is 24.4. The third kappa shape index (κ3) is 8.21. The number of carbonyl (C=O) groups is 1. The SMILES string of the molecule is CCCCCOc1ccc(-c2ccc(C(=O)NC(NCc3ccccc3)C(Cl)(Cl)Cl)cc2)cc1. The standard InChI is InChI=1S/C27H29Cl3N2O2/c1-2-3-7-18-34-24-16-14-22(15-17-24)21-10-12-23(13-11-21)25(33)32-26(27(28,29)30)31-19-20-8-5-4-6-9-20/h4-6,8-17,26,31H,2-3,7,18-19H2,1H3,(H,32,33). The van der Waals surface area contributed by atoms with E-state index < -0.39 is 9.96 Å². The maximum Gasteiger partial charge on any atom is 0.252 e. The summed E-state index contributed by atoms with van der Waals surface area (Å²) < 4.78 is 4.05. The van der Waals surface area contributed by atoms with Crippen LogP contribution < -0.4 is 15.4 Å². The number of halogens is 3. The molecule has 0 spiro atoms. The van der Waals surface area contributed by atoms with Crippen LogP contribution in [0.5, 0.6) is 5.75 Å². The van der Waals surface area contributed by atoms with E-state index in [1.54, 1.807) is 12.1 Å². The van der Waals surface area contributed by atoms with Crippen LogP contribution in [-0.2, 0) is 6.54 Å². The lowest BCUT2D eigenvalue weighted by Crippen LogP contribution is -2.53. The minimum absolute atomic E-state index is 0.334. The van der Waals surface area contributed by atoms with Crippen molar-refractivity contribution in [2.75, 3.05) is 6.61 Å². The van der Waals surface area contributed by atoms with Crippen molar-refractivity contribution >= 4 is 40.7 Å². The first-order valence-electron chi connectivity index (χ1n) is 11.3. The van der Waals surface area contributed by atoms with Gasteiger partial charge in [-0.2, -0.15) is 0 Å². The van der Waals surface area contributed by atoms with Crippen molar-refractivity contribution in [2.24, 2.45) is 0 Å². The van der Waals surface area contributed by atoms with Crippen molar-refractivity contribution in [2.45, 2.75) is 42.7 Å². The summed E-state index contributed by atoms with van der Waals surface area (Å²) in [7, 11) is 0. The Morgan fingerprint density at radius 2 is 1.50 bits per heavy atom. The minimum atomic E-state index is -1.72. The van der Waals surface area contributed by atoms with Gasteiger partial charge in [0.2, 0.25) is 3.79 Å². The molecule has 1 unspecified atom stereocenters. The molecule has 7 heteroatoms. The fourth-order valence-corrected chi connectivity index (χ4v) is 3.77. The van der Waals surface area contributed by atoms with Crippen LogP contribution in [0.25, 0.3) is 11.1 Å². The number of benzene rings is 3. The fraction of sp³-hybridized carbons (Fsp3) is 0.296. The van der Waals surface area contributed by atoms with E-state index in [0.29, 0.717) is 12.1 Å². The van der Waals surface area contributed by atoms with E-state index in [1.165, 1.54) is 12.8 Å². The Hall–Kier alpha value is -2.24. The number of amides is 1. The van der Waals surface area contributed by atoms with Gasteiger partial charge in [0.25, 0.3) is 5.91 Å². The predicted molar refractivity (Wildman–Crippen MR) is 142 cm³/mol. The molecule has 0 aliphatic carbocycles. The highest BCUT2D eigenvalue weighted by Gasteiger charge is 2.33. The van der Waals surface area contributed by atoms with Crippen molar-refractivity contribution in [3.05, 3.63) is 90.0 Å².